The Balaban J connectivity index is 1.71. The van der Waals surface area contributed by atoms with Crippen LogP contribution in [-0.2, 0) is 0 Å². The van der Waals surface area contributed by atoms with Crippen LogP contribution in [-0.4, -0.2) is 45.8 Å². The molecule has 0 amide bonds. The minimum atomic E-state index is -0.949. The zero-order valence-electron chi connectivity index (χ0n) is 23.2. The lowest BCUT2D eigenvalue weighted by molar-refractivity contribution is -0.00333. The Bertz CT molecular complexity index is 1730. The van der Waals surface area contributed by atoms with Gasteiger partial charge in [-0.1, -0.05) is 56.3 Å². The van der Waals surface area contributed by atoms with Gasteiger partial charge in [-0.2, -0.15) is 0 Å². The molecule has 0 saturated heterocycles. The number of aliphatic hydroxyl groups excluding tert-OH is 2. The summed E-state index contributed by atoms with van der Waals surface area (Å²) in [5.41, 5.74) is 3.32. The van der Waals surface area contributed by atoms with Gasteiger partial charge in [0.2, 0.25) is 0 Å². The molecule has 1 aliphatic rings. The summed E-state index contributed by atoms with van der Waals surface area (Å²) in [7, 11) is 0. The van der Waals surface area contributed by atoms with Gasteiger partial charge in [-0.15, -0.1) is 0 Å². The number of benzene rings is 5. The number of phenolic OH excluding ortho intramolecular Hbond substituents is 2. The third kappa shape index (κ3) is 5.05. The Morgan fingerprint density at radius 2 is 1.20 bits per heavy atom. The average Bonchev–Trinajstić information content (AvgIpc) is 2.97. The maximum atomic E-state index is 12.0. The molecule has 0 saturated carbocycles. The molecule has 4 N–H and O–H groups in total. The van der Waals surface area contributed by atoms with Crippen LogP contribution in [0.2, 0.25) is 0 Å². The molecule has 5 aromatic carbocycles. The topological polar surface area (TPSA) is 99.4 Å². The summed E-state index contributed by atoms with van der Waals surface area (Å²) in [6, 6.07) is 25.0. The zero-order chi connectivity index (χ0) is 28.7. The highest BCUT2D eigenvalue weighted by molar-refractivity contribution is 6.13. The molecule has 4 bridgehead atoms. The van der Waals surface area contributed by atoms with Crippen LogP contribution in [0, 0.1) is 0 Å². The SMILES string of the molecule is CC(C)c1cc2ccc3cc2c(c1O)-c1c(O)c(-c2ccccc2)cc2ccc(cc12)OCC[C@@H](O)[C@H](O)CCO3. The minimum absolute atomic E-state index is 0.0319. The molecule has 0 spiro atoms. The van der Waals surface area contributed by atoms with Crippen molar-refractivity contribution in [2.75, 3.05) is 13.2 Å². The molecule has 0 fully saturated rings. The van der Waals surface area contributed by atoms with Crippen molar-refractivity contribution in [3.8, 4) is 45.3 Å². The Hall–Kier alpha value is -4.26. The van der Waals surface area contributed by atoms with Gasteiger partial charge in [0.25, 0.3) is 0 Å². The largest absolute Gasteiger partial charge is 0.507 e. The number of rotatable bonds is 2. The summed E-state index contributed by atoms with van der Waals surface area (Å²) in [6.07, 6.45) is -1.40. The molecule has 6 heteroatoms. The van der Waals surface area contributed by atoms with Crippen LogP contribution >= 0.6 is 0 Å². The fraction of sp³-hybridized carbons (Fsp3) is 0.257. The second kappa shape index (κ2) is 11.0. The van der Waals surface area contributed by atoms with Gasteiger partial charge >= 0.3 is 0 Å². The molecule has 0 radical (unpaired) electrons. The van der Waals surface area contributed by atoms with Crippen molar-refractivity contribution in [3.63, 3.8) is 0 Å². The second-order valence-corrected chi connectivity index (χ2v) is 11.0. The predicted molar refractivity (Wildman–Crippen MR) is 162 cm³/mol. The highest BCUT2D eigenvalue weighted by Gasteiger charge is 2.25. The van der Waals surface area contributed by atoms with Crippen molar-refractivity contribution >= 4 is 21.5 Å². The first-order valence-corrected chi connectivity index (χ1v) is 14.1. The molecule has 6 nitrogen and oxygen atoms in total. The molecule has 5 aromatic rings. The highest BCUT2D eigenvalue weighted by atomic mass is 16.5. The first-order valence-electron chi connectivity index (χ1n) is 14.1. The van der Waals surface area contributed by atoms with Crippen molar-refractivity contribution < 1.29 is 29.9 Å². The van der Waals surface area contributed by atoms with Gasteiger partial charge in [0.05, 0.1) is 25.4 Å². The number of hydrogen-bond donors (Lipinski definition) is 4. The minimum Gasteiger partial charge on any atom is -0.507 e. The van der Waals surface area contributed by atoms with Gasteiger partial charge in [0.1, 0.15) is 23.0 Å². The quantitative estimate of drug-likeness (QED) is 0.187. The normalized spacial score (nSPS) is 17.7. The van der Waals surface area contributed by atoms with Gasteiger partial charge in [-0.25, -0.2) is 0 Å². The first kappa shape index (κ1) is 26.9. The van der Waals surface area contributed by atoms with E-state index in [0.29, 0.717) is 28.2 Å². The fourth-order valence-corrected chi connectivity index (χ4v) is 5.69. The van der Waals surface area contributed by atoms with Crippen molar-refractivity contribution in [2.24, 2.45) is 0 Å². The third-order valence-electron chi connectivity index (χ3n) is 7.97. The van der Waals surface area contributed by atoms with Crippen LogP contribution in [0.4, 0.5) is 0 Å². The molecule has 0 aromatic heterocycles. The lowest BCUT2D eigenvalue weighted by Crippen LogP contribution is -2.29. The summed E-state index contributed by atoms with van der Waals surface area (Å²) in [4.78, 5) is 0. The molecule has 0 aliphatic carbocycles. The van der Waals surface area contributed by atoms with Crippen molar-refractivity contribution in [2.45, 2.75) is 44.8 Å². The van der Waals surface area contributed by atoms with E-state index in [9.17, 15) is 20.4 Å². The Morgan fingerprint density at radius 1 is 0.659 bits per heavy atom. The van der Waals surface area contributed by atoms with E-state index in [4.69, 9.17) is 9.47 Å². The summed E-state index contributed by atoms with van der Waals surface area (Å²) < 4.78 is 12.0. The van der Waals surface area contributed by atoms with E-state index in [1.165, 1.54) is 0 Å². The van der Waals surface area contributed by atoms with Gasteiger partial charge in [-0.3, -0.25) is 0 Å². The maximum Gasteiger partial charge on any atom is 0.132 e. The summed E-state index contributed by atoms with van der Waals surface area (Å²) >= 11 is 0. The number of phenols is 2. The zero-order valence-corrected chi connectivity index (χ0v) is 23.2. The summed E-state index contributed by atoms with van der Waals surface area (Å²) in [6.45, 7) is 4.47. The smallest absolute Gasteiger partial charge is 0.132 e. The van der Waals surface area contributed by atoms with Crippen molar-refractivity contribution in [1.82, 2.24) is 0 Å². The third-order valence-corrected chi connectivity index (χ3v) is 7.97. The van der Waals surface area contributed by atoms with E-state index in [1.807, 2.05) is 92.7 Å². The van der Waals surface area contributed by atoms with E-state index < -0.39 is 12.2 Å². The number of hydrogen-bond acceptors (Lipinski definition) is 6. The van der Waals surface area contributed by atoms with E-state index >= 15 is 0 Å². The van der Waals surface area contributed by atoms with Crippen LogP contribution in [0.3, 0.4) is 0 Å². The Kier molecular flexibility index (Phi) is 7.20. The van der Waals surface area contributed by atoms with Crippen molar-refractivity contribution in [1.29, 1.82) is 0 Å². The van der Waals surface area contributed by atoms with E-state index in [0.717, 1.165) is 32.7 Å². The number of ether oxygens (including phenoxy) is 2. The van der Waals surface area contributed by atoms with E-state index in [2.05, 4.69) is 0 Å². The Labute approximate surface area is 239 Å². The first-order chi connectivity index (χ1) is 19.8. The molecular formula is C35H34O6. The Morgan fingerprint density at radius 3 is 1.76 bits per heavy atom. The van der Waals surface area contributed by atoms with Crippen molar-refractivity contribution in [3.05, 3.63) is 84.4 Å². The predicted octanol–water partition coefficient (Wildman–Crippen LogP) is 7.13. The van der Waals surface area contributed by atoms with Gasteiger partial charge < -0.3 is 29.9 Å². The lowest BCUT2D eigenvalue weighted by Gasteiger charge is -2.22. The molecule has 2 atom stereocenters. The molecular weight excluding hydrogens is 516 g/mol. The molecule has 6 rings (SSSR count). The second-order valence-electron chi connectivity index (χ2n) is 11.0. The number of aromatic hydroxyl groups is 2. The number of fused-ring (bicyclic) bond motifs is 3. The van der Waals surface area contributed by atoms with Crippen LogP contribution < -0.4 is 9.47 Å². The average molecular weight is 551 g/mol. The van der Waals surface area contributed by atoms with Crippen LogP contribution in [0.15, 0.2) is 78.9 Å². The fourth-order valence-electron chi connectivity index (χ4n) is 5.69. The molecule has 0 unspecified atom stereocenters. The molecule has 1 aliphatic heterocycles. The summed E-state index contributed by atoms with van der Waals surface area (Å²) in [5.74, 6) is 1.33. The van der Waals surface area contributed by atoms with Crippen LogP contribution in [0.5, 0.6) is 23.0 Å². The molecule has 210 valence electrons. The molecule has 41 heavy (non-hydrogen) atoms. The van der Waals surface area contributed by atoms with Gasteiger partial charge in [0, 0.05) is 29.5 Å². The van der Waals surface area contributed by atoms with Crippen LogP contribution in [0.25, 0.3) is 43.8 Å². The van der Waals surface area contributed by atoms with E-state index in [1.54, 1.807) is 0 Å². The number of aliphatic hydroxyl groups is 2. The molecule has 1 heterocycles. The van der Waals surface area contributed by atoms with Crippen LogP contribution in [0.1, 0.15) is 38.2 Å². The lowest BCUT2D eigenvalue weighted by atomic mass is 9.85. The standard InChI is InChI=1S/C35H34O6/c1-20(2)26-16-22-8-10-24-18-27(22)32(34(26)38)33-28-19-25(41-15-13-31(37)30(36)12-14-40-24)11-9-23(28)17-29(35(33)39)21-6-4-3-5-7-21/h3-11,16-20,30-31,36-39H,12-15H2,1-2H3/t30-,31-/m1/s1. The summed E-state index contributed by atoms with van der Waals surface area (Å²) in [5, 5.41) is 48.0. The maximum absolute atomic E-state index is 12.0. The monoisotopic (exact) mass is 550 g/mol. The van der Waals surface area contributed by atoms with Gasteiger partial charge in [0.15, 0.2) is 0 Å². The van der Waals surface area contributed by atoms with Gasteiger partial charge in [-0.05, 0) is 75.0 Å². The highest BCUT2D eigenvalue weighted by Crippen LogP contribution is 2.51. The van der Waals surface area contributed by atoms with E-state index in [-0.39, 0.29) is 43.5 Å².